The van der Waals surface area contributed by atoms with Crippen LogP contribution in [0.5, 0.6) is 0 Å². The van der Waals surface area contributed by atoms with Gasteiger partial charge in [0.2, 0.25) is 0 Å². The Bertz CT molecular complexity index is 528. The molecule has 0 saturated heterocycles. The van der Waals surface area contributed by atoms with Crippen molar-refractivity contribution in [1.82, 2.24) is 9.55 Å². The Morgan fingerprint density at radius 2 is 2.12 bits per heavy atom. The van der Waals surface area contributed by atoms with Gasteiger partial charge in [0.05, 0.1) is 12.0 Å². The van der Waals surface area contributed by atoms with E-state index >= 15 is 0 Å². The van der Waals surface area contributed by atoms with Crippen LogP contribution < -0.4 is 5.73 Å². The van der Waals surface area contributed by atoms with Crippen LogP contribution in [0.4, 0.5) is 0 Å². The van der Waals surface area contributed by atoms with Crippen molar-refractivity contribution in [3.05, 3.63) is 47.5 Å². The predicted molar refractivity (Wildman–Crippen MR) is 68.1 cm³/mol. The highest BCUT2D eigenvalue weighted by Gasteiger charge is 2.15. The number of aryl methyl sites for hydroxylation is 1. The maximum absolute atomic E-state index is 5.69. The Morgan fingerprint density at radius 3 is 3.00 bits per heavy atom. The van der Waals surface area contributed by atoms with Gasteiger partial charge in [0.25, 0.3) is 0 Å². The summed E-state index contributed by atoms with van der Waals surface area (Å²) in [5.74, 6) is 0. The summed E-state index contributed by atoms with van der Waals surface area (Å²) in [5, 5.41) is 0. The fourth-order valence-electron chi connectivity index (χ4n) is 2.52. The third kappa shape index (κ3) is 1.87. The summed E-state index contributed by atoms with van der Waals surface area (Å²) >= 11 is 0. The van der Waals surface area contributed by atoms with Crippen molar-refractivity contribution >= 4 is 0 Å². The topological polar surface area (TPSA) is 43.8 Å². The smallest absolute Gasteiger partial charge is 0.0997 e. The van der Waals surface area contributed by atoms with Gasteiger partial charge in [-0.25, -0.2) is 4.98 Å². The van der Waals surface area contributed by atoms with Gasteiger partial charge in [-0.1, -0.05) is 12.1 Å². The van der Waals surface area contributed by atoms with Crippen LogP contribution in [-0.2, 0) is 19.4 Å². The van der Waals surface area contributed by atoms with E-state index in [0.717, 1.165) is 12.8 Å². The van der Waals surface area contributed by atoms with E-state index in [-0.39, 0.29) is 0 Å². The zero-order valence-electron chi connectivity index (χ0n) is 9.89. The number of hydrogen-bond donors (Lipinski definition) is 1. The molecule has 0 saturated carbocycles. The molecule has 1 heterocycles. The molecule has 1 aliphatic carbocycles. The lowest BCUT2D eigenvalue weighted by atomic mass is 10.0. The minimum absolute atomic E-state index is 0.588. The Labute approximate surface area is 101 Å². The number of nitrogens with zero attached hydrogens (tertiary/aromatic N) is 2. The lowest BCUT2D eigenvalue weighted by Crippen LogP contribution is -2.07. The zero-order chi connectivity index (χ0) is 11.7. The average molecular weight is 227 g/mol. The number of fused-ring (bicyclic) bond motifs is 1. The highest BCUT2D eigenvalue weighted by Crippen LogP contribution is 2.23. The second kappa shape index (κ2) is 4.34. The van der Waals surface area contributed by atoms with Crippen LogP contribution in [0.1, 0.15) is 29.8 Å². The number of hydrogen-bond acceptors (Lipinski definition) is 2. The van der Waals surface area contributed by atoms with Crippen LogP contribution in [0.2, 0.25) is 0 Å². The highest BCUT2D eigenvalue weighted by molar-refractivity contribution is 5.39. The second-order valence-corrected chi connectivity index (χ2v) is 4.59. The van der Waals surface area contributed by atoms with Crippen LogP contribution in [0.25, 0.3) is 5.69 Å². The van der Waals surface area contributed by atoms with E-state index in [4.69, 9.17) is 5.73 Å². The Morgan fingerprint density at radius 1 is 1.24 bits per heavy atom. The van der Waals surface area contributed by atoms with Gasteiger partial charge in [-0.15, -0.1) is 0 Å². The fourth-order valence-corrected chi connectivity index (χ4v) is 2.52. The predicted octanol–water partition coefficient (Wildman–Crippen LogP) is 2.21. The first-order chi connectivity index (χ1) is 8.38. The maximum atomic E-state index is 5.69. The van der Waals surface area contributed by atoms with Crippen LogP contribution in [0.15, 0.2) is 30.6 Å². The third-order valence-electron chi connectivity index (χ3n) is 3.45. The summed E-state index contributed by atoms with van der Waals surface area (Å²) in [7, 11) is 0. The minimum atomic E-state index is 0.588. The van der Waals surface area contributed by atoms with E-state index in [1.54, 1.807) is 0 Å². The molecular weight excluding hydrogens is 210 g/mol. The van der Waals surface area contributed by atoms with Gasteiger partial charge >= 0.3 is 0 Å². The van der Waals surface area contributed by atoms with E-state index in [0.29, 0.717) is 6.54 Å². The molecule has 3 rings (SSSR count). The number of rotatable bonds is 2. The molecule has 0 atom stereocenters. The summed E-state index contributed by atoms with van der Waals surface area (Å²) in [5.41, 5.74) is 10.7. The average Bonchev–Trinajstić information content (AvgIpc) is 2.82. The second-order valence-electron chi connectivity index (χ2n) is 4.59. The molecule has 0 bridgehead atoms. The van der Waals surface area contributed by atoms with E-state index in [2.05, 4.69) is 33.8 Å². The van der Waals surface area contributed by atoms with Crippen molar-refractivity contribution in [2.75, 3.05) is 0 Å². The highest BCUT2D eigenvalue weighted by atomic mass is 15.1. The zero-order valence-corrected chi connectivity index (χ0v) is 9.89. The molecule has 1 aromatic heterocycles. The first-order valence-corrected chi connectivity index (χ1v) is 6.23. The fraction of sp³-hybridized carbons (Fsp3) is 0.357. The van der Waals surface area contributed by atoms with E-state index in [1.165, 1.54) is 35.5 Å². The van der Waals surface area contributed by atoms with Gasteiger partial charge in [-0.05, 0) is 43.4 Å². The molecule has 0 spiro atoms. The van der Waals surface area contributed by atoms with Crippen molar-refractivity contribution < 1.29 is 0 Å². The lowest BCUT2D eigenvalue weighted by molar-refractivity contribution is 0.656. The molecule has 2 N–H and O–H groups in total. The van der Waals surface area contributed by atoms with Crippen molar-refractivity contribution in [2.45, 2.75) is 32.2 Å². The van der Waals surface area contributed by atoms with Gasteiger partial charge in [0, 0.05) is 17.9 Å². The molecule has 0 amide bonds. The van der Waals surface area contributed by atoms with E-state index in [9.17, 15) is 0 Å². The molecule has 0 fully saturated rings. The standard InChI is InChI=1S/C14H17N3/c15-9-11-4-3-5-12(8-11)17-10-16-13-6-1-2-7-14(13)17/h3-5,8,10H,1-2,6-7,9,15H2. The SMILES string of the molecule is NCc1cccc(-n2cnc3c2CCCC3)c1. The molecule has 0 aliphatic heterocycles. The molecule has 1 aromatic carbocycles. The van der Waals surface area contributed by atoms with E-state index in [1.807, 2.05) is 6.33 Å². The quantitative estimate of drug-likeness (QED) is 0.854. The molecular formula is C14H17N3. The summed E-state index contributed by atoms with van der Waals surface area (Å²) in [6.07, 6.45) is 6.76. The van der Waals surface area contributed by atoms with Crippen LogP contribution in [-0.4, -0.2) is 9.55 Å². The summed E-state index contributed by atoms with van der Waals surface area (Å²) < 4.78 is 2.22. The molecule has 3 heteroatoms. The number of nitrogens with two attached hydrogens (primary N) is 1. The van der Waals surface area contributed by atoms with Gasteiger partial charge in [-0.2, -0.15) is 0 Å². The minimum Gasteiger partial charge on any atom is -0.326 e. The Hall–Kier alpha value is -1.61. The van der Waals surface area contributed by atoms with Crippen LogP contribution in [0, 0.1) is 0 Å². The maximum Gasteiger partial charge on any atom is 0.0997 e. The number of aromatic nitrogens is 2. The Balaban J connectivity index is 2.05. The molecule has 3 nitrogen and oxygen atoms in total. The number of benzene rings is 1. The summed E-state index contributed by atoms with van der Waals surface area (Å²) in [6, 6.07) is 8.39. The molecule has 2 aromatic rings. The van der Waals surface area contributed by atoms with Crippen molar-refractivity contribution in [2.24, 2.45) is 5.73 Å². The summed E-state index contributed by atoms with van der Waals surface area (Å²) in [4.78, 5) is 4.52. The lowest BCUT2D eigenvalue weighted by Gasteiger charge is -2.14. The van der Waals surface area contributed by atoms with Gasteiger partial charge in [0.15, 0.2) is 0 Å². The molecule has 0 radical (unpaired) electrons. The largest absolute Gasteiger partial charge is 0.326 e. The van der Waals surface area contributed by atoms with Gasteiger partial charge < -0.3 is 10.3 Å². The first-order valence-electron chi connectivity index (χ1n) is 6.23. The molecule has 88 valence electrons. The number of imidazole rings is 1. The van der Waals surface area contributed by atoms with Crippen molar-refractivity contribution in [1.29, 1.82) is 0 Å². The van der Waals surface area contributed by atoms with Gasteiger partial charge in [-0.3, -0.25) is 0 Å². The molecule has 1 aliphatic rings. The first kappa shape index (κ1) is 10.5. The summed E-state index contributed by atoms with van der Waals surface area (Å²) in [6.45, 7) is 0.588. The van der Waals surface area contributed by atoms with E-state index < -0.39 is 0 Å². The van der Waals surface area contributed by atoms with Crippen molar-refractivity contribution in [3.8, 4) is 5.69 Å². The normalized spacial score (nSPS) is 14.6. The van der Waals surface area contributed by atoms with Crippen LogP contribution >= 0.6 is 0 Å². The molecule has 17 heavy (non-hydrogen) atoms. The van der Waals surface area contributed by atoms with Gasteiger partial charge in [0.1, 0.15) is 0 Å². The molecule has 0 unspecified atom stereocenters. The van der Waals surface area contributed by atoms with Crippen molar-refractivity contribution in [3.63, 3.8) is 0 Å². The van der Waals surface area contributed by atoms with Crippen LogP contribution in [0.3, 0.4) is 0 Å². The Kier molecular flexibility index (Phi) is 2.69. The monoisotopic (exact) mass is 227 g/mol. The third-order valence-corrected chi connectivity index (χ3v) is 3.45.